The molecule has 1 fully saturated rings. The van der Waals surface area contributed by atoms with Gasteiger partial charge in [0.1, 0.15) is 12.2 Å². The van der Waals surface area contributed by atoms with Crippen LogP contribution in [0.1, 0.15) is 37.4 Å². The average molecular weight is 184 g/mol. The Bertz CT molecular complexity index is 271. The van der Waals surface area contributed by atoms with Gasteiger partial charge in [-0.3, -0.25) is 0 Å². The Labute approximate surface area is 76.2 Å². The lowest BCUT2D eigenvalue weighted by atomic mass is 10.1. The average Bonchev–Trinajstić information content (AvgIpc) is 2.56. The van der Waals surface area contributed by atoms with E-state index in [2.05, 4.69) is 15.0 Å². The molecule has 1 aromatic rings. The van der Waals surface area contributed by atoms with Gasteiger partial charge in [0.2, 0.25) is 5.28 Å². The van der Waals surface area contributed by atoms with Crippen LogP contribution in [0.4, 0.5) is 0 Å². The maximum Gasteiger partial charge on any atom is 0.225 e. The molecule has 1 aliphatic rings. The third kappa shape index (κ3) is 1.55. The van der Waals surface area contributed by atoms with E-state index in [9.17, 15) is 0 Å². The molecule has 3 nitrogen and oxygen atoms in total. The molecule has 64 valence electrons. The summed E-state index contributed by atoms with van der Waals surface area (Å²) in [4.78, 5) is 12.0. The van der Waals surface area contributed by atoms with Crippen LogP contribution in [0.2, 0.25) is 5.28 Å². The largest absolute Gasteiger partial charge is 0.225 e. The molecular formula is C8H10ClN3. The van der Waals surface area contributed by atoms with Crippen LogP contribution in [0.25, 0.3) is 0 Å². The molecule has 12 heavy (non-hydrogen) atoms. The zero-order valence-corrected chi connectivity index (χ0v) is 7.46. The first-order chi connectivity index (χ1) is 5.86. The summed E-state index contributed by atoms with van der Waals surface area (Å²) in [5.74, 6) is 1.39. The molecule has 0 amide bonds. The van der Waals surface area contributed by atoms with Gasteiger partial charge >= 0.3 is 0 Å². The predicted octanol–water partition coefficient (Wildman–Crippen LogP) is 2.18. The standard InChI is InChI=1S/C8H10ClN3/c9-8-11-5-10-7(12-8)6-3-1-2-4-6/h5-6H,1-4H2. The van der Waals surface area contributed by atoms with E-state index in [1.165, 1.54) is 32.0 Å². The fourth-order valence-electron chi connectivity index (χ4n) is 1.67. The first-order valence-electron chi connectivity index (χ1n) is 4.20. The molecule has 0 bridgehead atoms. The van der Waals surface area contributed by atoms with Crippen LogP contribution in [-0.4, -0.2) is 15.0 Å². The minimum atomic E-state index is 0.312. The number of nitrogens with zero attached hydrogens (tertiary/aromatic N) is 3. The van der Waals surface area contributed by atoms with E-state index >= 15 is 0 Å². The summed E-state index contributed by atoms with van der Waals surface area (Å²) in [6.07, 6.45) is 6.45. The maximum atomic E-state index is 5.66. The summed E-state index contributed by atoms with van der Waals surface area (Å²) in [5, 5.41) is 0.312. The van der Waals surface area contributed by atoms with Crippen molar-refractivity contribution >= 4 is 11.6 Å². The first kappa shape index (κ1) is 7.92. The van der Waals surface area contributed by atoms with Crippen molar-refractivity contribution in [2.45, 2.75) is 31.6 Å². The van der Waals surface area contributed by atoms with E-state index in [1.807, 2.05) is 0 Å². The lowest BCUT2D eigenvalue weighted by Gasteiger charge is -2.05. The topological polar surface area (TPSA) is 38.7 Å². The van der Waals surface area contributed by atoms with E-state index in [4.69, 9.17) is 11.6 Å². The fourth-order valence-corrected chi connectivity index (χ4v) is 1.80. The third-order valence-corrected chi connectivity index (χ3v) is 2.46. The smallest absolute Gasteiger partial charge is 0.221 e. The lowest BCUT2D eigenvalue weighted by molar-refractivity contribution is 0.661. The maximum absolute atomic E-state index is 5.66. The Morgan fingerprint density at radius 3 is 2.67 bits per heavy atom. The highest BCUT2D eigenvalue weighted by Gasteiger charge is 2.19. The summed E-state index contributed by atoms with van der Waals surface area (Å²) < 4.78 is 0. The van der Waals surface area contributed by atoms with Gasteiger partial charge in [0.05, 0.1) is 0 Å². The molecule has 0 atom stereocenters. The minimum Gasteiger partial charge on any atom is -0.221 e. The Morgan fingerprint density at radius 2 is 2.00 bits per heavy atom. The molecule has 1 saturated carbocycles. The van der Waals surface area contributed by atoms with Gasteiger partial charge in [-0.1, -0.05) is 12.8 Å². The molecule has 2 rings (SSSR count). The molecule has 4 heteroatoms. The first-order valence-corrected chi connectivity index (χ1v) is 4.58. The Morgan fingerprint density at radius 1 is 1.25 bits per heavy atom. The van der Waals surface area contributed by atoms with E-state index in [-0.39, 0.29) is 0 Å². The number of rotatable bonds is 1. The molecule has 0 aromatic carbocycles. The van der Waals surface area contributed by atoms with Gasteiger partial charge in [-0.2, -0.15) is 0 Å². The van der Waals surface area contributed by atoms with Gasteiger partial charge < -0.3 is 0 Å². The van der Waals surface area contributed by atoms with Crippen molar-refractivity contribution in [1.29, 1.82) is 0 Å². The predicted molar refractivity (Wildman–Crippen MR) is 46.0 cm³/mol. The second kappa shape index (κ2) is 3.35. The minimum absolute atomic E-state index is 0.312. The SMILES string of the molecule is Clc1ncnc(C2CCCC2)n1. The van der Waals surface area contributed by atoms with Crippen LogP contribution in [-0.2, 0) is 0 Å². The van der Waals surface area contributed by atoms with Gasteiger partial charge in [0.15, 0.2) is 0 Å². The van der Waals surface area contributed by atoms with Crippen LogP contribution in [0, 0.1) is 0 Å². The highest BCUT2D eigenvalue weighted by molar-refractivity contribution is 6.28. The van der Waals surface area contributed by atoms with E-state index in [0.29, 0.717) is 11.2 Å². The molecule has 1 aromatic heterocycles. The summed E-state index contributed by atoms with van der Waals surface area (Å²) >= 11 is 5.66. The fraction of sp³-hybridized carbons (Fsp3) is 0.625. The van der Waals surface area contributed by atoms with Gasteiger partial charge in [-0.15, -0.1) is 0 Å². The van der Waals surface area contributed by atoms with Crippen LogP contribution in [0.15, 0.2) is 6.33 Å². The quantitative estimate of drug-likeness (QED) is 0.670. The Kier molecular flexibility index (Phi) is 2.21. The zero-order valence-electron chi connectivity index (χ0n) is 6.70. The second-order valence-electron chi connectivity index (χ2n) is 3.09. The van der Waals surface area contributed by atoms with Crippen LogP contribution in [0.3, 0.4) is 0 Å². The van der Waals surface area contributed by atoms with Crippen molar-refractivity contribution < 1.29 is 0 Å². The lowest BCUT2D eigenvalue weighted by Crippen LogP contribution is -2.00. The van der Waals surface area contributed by atoms with Crippen molar-refractivity contribution in [2.75, 3.05) is 0 Å². The summed E-state index contributed by atoms with van der Waals surface area (Å²) in [6, 6.07) is 0. The van der Waals surface area contributed by atoms with Crippen LogP contribution < -0.4 is 0 Å². The molecule has 1 heterocycles. The van der Waals surface area contributed by atoms with Crippen molar-refractivity contribution in [2.24, 2.45) is 0 Å². The van der Waals surface area contributed by atoms with E-state index in [0.717, 1.165) is 5.82 Å². The summed E-state index contributed by atoms with van der Waals surface area (Å²) in [6.45, 7) is 0. The number of halogens is 1. The molecule has 0 spiro atoms. The molecule has 0 N–H and O–H groups in total. The molecule has 0 aliphatic heterocycles. The van der Waals surface area contributed by atoms with Gasteiger partial charge in [0.25, 0.3) is 0 Å². The van der Waals surface area contributed by atoms with E-state index < -0.39 is 0 Å². The van der Waals surface area contributed by atoms with Crippen LogP contribution >= 0.6 is 11.6 Å². The van der Waals surface area contributed by atoms with Crippen molar-refractivity contribution in [1.82, 2.24) is 15.0 Å². The monoisotopic (exact) mass is 183 g/mol. The number of hydrogen-bond donors (Lipinski definition) is 0. The van der Waals surface area contributed by atoms with E-state index in [1.54, 1.807) is 0 Å². The molecule has 0 saturated heterocycles. The van der Waals surface area contributed by atoms with Crippen molar-refractivity contribution in [3.8, 4) is 0 Å². The molecular weight excluding hydrogens is 174 g/mol. The highest BCUT2D eigenvalue weighted by atomic mass is 35.5. The zero-order chi connectivity index (χ0) is 8.39. The Hall–Kier alpha value is -0.700. The molecule has 0 unspecified atom stereocenters. The van der Waals surface area contributed by atoms with Crippen molar-refractivity contribution in [3.05, 3.63) is 17.4 Å². The second-order valence-corrected chi connectivity index (χ2v) is 3.43. The van der Waals surface area contributed by atoms with Gasteiger partial charge in [0, 0.05) is 5.92 Å². The number of aromatic nitrogens is 3. The van der Waals surface area contributed by atoms with Gasteiger partial charge in [-0.25, -0.2) is 15.0 Å². The van der Waals surface area contributed by atoms with Crippen molar-refractivity contribution in [3.63, 3.8) is 0 Å². The summed E-state index contributed by atoms with van der Waals surface area (Å²) in [5.41, 5.74) is 0. The normalized spacial score (nSPS) is 18.4. The number of hydrogen-bond acceptors (Lipinski definition) is 3. The highest BCUT2D eigenvalue weighted by Crippen LogP contribution is 2.31. The summed E-state index contributed by atoms with van der Waals surface area (Å²) in [7, 11) is 0. The third-order valence-electron chi connectivity index (χ3n) is 2.28. The molecule has 0 radical (unpaired) electrons. The molecule has 1 aliphatic carbocycles. The Balaban J connectivity index is 2.21. The van der Waals surface area contributed by atoms with Crippen LogP contribution in [0.5, 0.6) is 0 Å². The van der Waals surface area contributed by atoms with Gasteiger partial charge in [-0.05, 0) is 24.4 Å².